The van der Waals surface area contributed by atoms with Crippen LogP contribution in [0.3, 0.4) is 0 Å². The van der Waals surface area contributed by atoms with Crippen LogP contribution in [0, 0.1) is 0 Å². The molecule has 0 spiro atoms. The Morgan fingerprint density at radius 2 is 1.12 bits per heavy atom. The van der Waals surface area contributed by atoms with Crippen LogP contribution in [-0.4, -0.2) is 42.4 Å². The van der Waals surface area contributed by atoms with Crippen molar-refractivity contribution >= 4 is 50.8 Å². The van der Waals surface area contributed by atoms with Gasteiger partial charge in [0, 0.05) is 32.8 Å². The Bertz CT molecular complexity index is 117. The normalized spacial score (nSPS) is 10.2. The van der Waals surface area contributed by atoms with Gasteiger partial charge in [0.05, 0.1) is 0 Å². The molecule has 8 heteroatoms. The molecular weight excluding hydrogens is 312 g/mol. The number of hydrogen-bond acceptors (Lipinski definition) is 7. The summed E-state index contributed by atoms with van der Waals surface area (Å²) in [5.41, 5.74) is 0. The minimum absolute atomic E-state index is 1.28. The lowest BCUT2D eigenvalue weighted by molar-refractivity contribution is 0.163. The molecule has 17 heavy (non-hydrogen) atoms. The molecule has 0 aromatic carbocycles. The molecular formula is C9H24O3S4Si. The Morgan fingerprint density at radius 1 is 0.765 bits per heavy atom. The van der Waals surface area contributed by atoms with Crippen molar-refractivity contribution in [1.82, 2.24) is 0 Å². The molecule has 0 saturated heterocycles. The van der Waals surface area contributed by atoms with Crippen LogP contribution in [0.15, 0.2) is 0 Å². The van der Waals surface area contributed by atoms with Crippen molar-refractivity contribution in [3.63, 3.8) is 0 Å². The molecule has 3 nitrogen and oxygen atoms in total. The van der Waals surface area contributed by atoms with Crippen LogP contribution in [-0.2, 0) is 13.3 Å². The minimum atomic E-state index is -1.67. The Morgan fingerprint density at radius 3 is 1.29 bits per heavy atom. The van der Waals surface area contributed by atoms with E-state index in [0.717, 1.165) is 0 Å². The van der Waals surface area contributed by atoms with Crippen molar-refractivity contribution in [2.24, 2.45) is 0 Å². The fourth-order valence-electron chi connectivity index (χ4n) is 0.563. The molecule has 0 saturated carbocycles. The molecule has 0 heterocycles. The van der Waals surface area contributed by atoms with Gasteiger partial charge in [0.2, 0.25) is 0 Å². The SMILES string of the molecule is CCCSSSSCCC.CO[SiH](OC)OC. The van der Waals surface area contributed by atoms with E-state index in [1.54, 1.807) is 21.3 Å². The molecule has 0 N–H and O–H groups in total. The summed E-state index contributed by atoms with van der Waals surface area (Å²) in [6.07, 6.45) is 2.58. The van der Waals surface area contributed by atoms with Crippen molar-refractivity contribution < 1.29 is 13.3 Å². The van der Waals surface area contributed by atoms with Gasteiger partial charge in [-0.25, -0.2) is 0 Å². The van der Waals surface area contributed by atoms with Crippen molar-refractivity contribution in [3.05, 3.63) is 0 Å². The predicted octanol–water partition coefficient (Wildman–Crippen LogP) is 4.13. The zero-order valence-corrected chi connectivity index (χ0v) is 15.7. The average Bonchev–Trinajstić information content (AvgIpc) is 2.37. The highest BCUT2D eigenvalue weighted by molar-refractivity contribution is 9.26. The highest BCUT2D eigenvalue weighted by Gasteiger charge is 2.04. The van der Waals surface area contributed by atoms with Gasteiger partial charge >= 0.3 is 9.53 Å². The first-order chi connectivity index (χ1) is 8.26. The van der Waals surface area contributed by atoms with Gasteiger partial charge in [0.15, 0.2) is 0 Å². The maximum Gasteiger partial charge on any atom is 0.483 e. The monoisotopic (exact) mass is 336 g/mol. The zero-order valence-electron chi connectivity index (χ0n) is 11.3. The molecule has 0 unspecified atom stereocenters. The number of rotatable bonds is 10. The lowest BCUT2D eigenvalue weighted by atomic mass is 10.6. The molecule has 0 atom stereocenters. The Kier molecular flexibility index (Phi) is 24.3. The van der Waals surface area contributed by atoms with Crippen LogP contribution < -0.4 is 0 Å². The zero-order chi connectivity index (χ0) is 13.4. The molecule has 0 amide bonds. The number of hydrogen-bond donors (Lipinski definition) is 0. The summed E-state index contributed by atoms with van der Waals surface area (Å²) >= 11 is 0. The van der Waals surface area contributed by atoms with Crippen LogP contribution in [0.5, 0.6) is 0 Å². The van der Waals surface area contributed by atoms with E-state index in [4.69, 9.17) is 13.3 Å². The van der Waals surface area contributed by atoms with E-state index in [1.165, 1.54) is 24.3 Å². The second-order valence-corrected chi connectivity index (χ2v) is 11.0. The predicted molar refractivity (Wildman–Crippen MR) is 88.9 cm³/mol. The van der Waals surface area contributed by atoms with E-state index >= 15 is 0 Å². The summed E-state index contributed by atoms with van der Waals surface area (Å²) in [7, 11) is 10.8. The molecule has 0 aliphatic carbocycles. The molecule has 0 radical (unpaired) electrons. The van der Waals surface area contributed by atoms with Gasteiger partial charge in [0.1, 0.15) is 0 Å². The quantitative estimate of drug-likeness (QED) is 0.336. The molecule has 0 aromatic rings. The maximum absolute atomic E-state index is 4.74. The highest BCUT2D eigenvalue weighted by Crippen LogP contribution is 2.43. The average molecular weight is 337 g/mol. The second-order valence-electron chi connectivity index (χ2n) is 2.78. The fraction of sp³-hybridized carbons (Fsp3) is 1.00. The summed E-state index contributed by atoms with van der Waals surface area (Å²) in [5.74, 6) is 2.56. The van der Waals surface area contributed by atoms with E-state index in [1.807, 2.05) is 41.2 Å². The molecule has 0 aliphatic heterocycles. The third-order valence-electron chi connectivity index (χ3n) is 1.28. The van der Waals surface area contributed by atoms with Crippen molar-refractivity contribution in [2.45, 2.75) is 26.7 Å². The Labute approximate surface area is 123 Å². The van der Waals surface area contributed by atoms with E-state index in [0.29, 0.717) is 0 Å². The summed E-state index contributed by atoms with van der Waals surface area (Å²) in [6.45, 7) is 4.44. The smallest absolute Gasteiger partial charge is 0.379 e. The van der Waals surface area contributed by atoms with Crippen molar-refractivity contribution in [3.8, 4) is 0 Å². The molecule has 0 rings (SSSR count). The van der Waals surface area contributed by atoms with Gasteiger partial charge in [-0.1, -0.05) is 35.4 Å². The van der Waals surface area contributed by atoms with E-state index in [2.05, 4.69) is 13.8 Å². The second kappa shape index (κ2) is 19.8. The minimum Gasteiger partial charge on any atom is -0.379 e. The molecule has 106 valence electrons. The van der Waals surface area contributed by atoms with Gasteiger partial charge in [0.25, 0.3) is 0 Å². The van der Waals surface area contributed by atoms with Gasteiger partial charge < -0.3 is 13.3 Å². The van der Waals surface area contributed by atoms with Crippen LogP contribution in [0.25, 0.3) is 0 Å². The summed E-state index contributed by atoms with van der Waals surface area (Å²) < 4.78 is 14.2. The van der Waals surface area contributed by atoms with Gasteiger partial charge in [-0.2, -0.15) is 0 Å². The Hall–Kier alpha value is 1.50. The molecule has 0 bridgehead atoms. The first kappa shape index (κ1) is 20.8. The molecule has 0 aliphatic rings. The summed E-state index contributed by atoms with van der Waals surface area (Å²) in [4.78, 5) is 0. The lowest BCUT2D eigenvalue weighted by Crippen LogP contribution is -2.21. The first-order valence-corrected chi connectivity index (χ1v) is 12.0. The lowest BCUT2D eigenvalue weighted by Gasteiger charge is -2.05. The van der Waals surface area contributed by atoms with Crippen LogP contribution >= 0.6 is 41.2 Å². The largest absolute Gasteiger partial charge is 0.483 e. The van der Waals surface area contributed by atoms with Gasteiger partial charge in [-0.15, -0.1) is 0 Å². The van der Waals surface area contributed by atoms with Gasteiger partial charge in [-0.3, -0.25) is 0 Å². The van der Waals surface area contributed by atoms with Crippen molar-refractivity contribution in [2.75, 3.05) is 32.8 Å². The summed E-state index contributed by atoms with van der Waals surface area (Å²) in [6, 6.07) is 0. The third-order valence-corrected chi connectivity index (χ3v) is 9.30. The maximum atomic E-state index is 4.74. The Balaban J connectivity index is 0. The highest BCUT2D eigenvalue weighted by atomic mass is 33.7. The van der Waals surface area contributed by atoms with Crippen LogP contribution in [0.2, 0.25) is 0 Å². The first-order valence-electron chi connectivity index (χ1n) is 5.42. The van der Waals surface area contributed by atoms with Crippen LogP contribution in [0.1, 0.15) is 26.7 Å². The fourth-order valence-corrected chi connectivity index (χ4v) is 7.39. The van der Waals surface area contributed by atoms with E-state index in [-0.39, 0.29) is 0 Å². The van der Waals surface area contributed by atoms with Crippen LogP contribution in [0.4, 0.5) is 0 Å². The summed E-state index contributed by atoms with van der Waals surface area (Å²) in [5, 5.41) is 0. The van der Waals surface area contributed by atoms with E-state index in [9.17, 15) is 0 Å². The van der Waals surface area contributed by atoms with Crippen molar-refractivity contribution in [1.29, 1.82) is 0 Å². The van der Waals surface area contributed by atoms with Gasteiger partial charge in [-0.05, 0) is 32.5 Å². The van der Waals surface area contributed by atoms with E-state index < -0.39 is 9.53 Å². The third kappa shape index (κ3) is 20.0. The molecule has 0 fully saturated rings. The molecule has 0 aromatic heterocycles. The topological polar surface area (TPSA) is 27.7 Å². The standard InChI is InChI=1S/C6H14S4.C3H10O3Si/c1-3-5-7-9-10-8-6-4-2;1-4-7(5-2)6-3/h3-6H2,1-2H3;7H,1-3H3.